The summed E-state index contributed by atoms with van der Waals surface area (Å²) in [4.78, 5) is 14.3. The first-order chi connectivity index (χ1) is 8.18. The molecule has 5 heteroatoms. The zero-order valence-electron chi connectivity index (χ0n) is 11.4. The zero-order chi connectivity index (χ0) is 12.3. The Morgan fingerprint density at radius 3 is 2.89 bits per heavy atom. The molecule has 1 N–H and O–H groups in total. The third-order valence-corrected chi connectivity index (χ3v) is 5.41. The van der Waals surface area contributed by atoms with Crippen molar-refractivity contribution in [3.63, 3.8) is 0 Å². The van der Waals surface area contributed by atoms with Crippen molar-refractivity contribution < 1.29 is 4.79 Å². The van der Waals surface area contributed by atoms with E-state index in [4.69, 9.17) is 0 Å². The number of hydrogen-bond acceptors (Lipinski definition) is 3. The highest BCUT2D eigenvalue weighted by Crippen LogP contribution is 2.25. The van der Waals surface area contributed by atoms with Crippen LogP contribution in [0.25, 0.3) is 0 Å². The molecule has 2 saturated heterocycles. The first-order valence-electron chi connectivity index (χ1n) is 6.83. The Bertz CT molecular complexity index is 272. The molecule has 2 heterocycles. The number of carbonyl (C=O) groups excluding carboxylic acids is 1. The maximum Gasteiger partial charge on any atom is 0.222 e. The Morgan fingerprint density at radius 1 is 1.44 bits per heavy atom. The highest BCUT2D eigenvalue weighted by molar-refractivity contribution is 8.00. The SMILES string of the molecule is CC1SCCN(C(=O)CCC2CCCN2)C1C.Cl. The maximum absolute atomic E-state index is 12.2. The van der Waals surface area contributed by atoms with Crippen LogP contribution in [0.15, 0.2) is 0 Å². The van der Waals surface area contributed by atoms with Crippen molar-refractivity contribution in [1.29, 1.82) is 0 Å². The fraction of sp³-hybridized carbons (Fsp3) is 0.923. The first-order valence-corrected chi connectivity index (χ1v) is 7.88. The molecule has 0 aromatic rings. The number of amides is 1. The second kappa shape index (κ2) is 7.61. The lowest BCUT2D eigenvalue weighted by Gasteiger charge is -2.37. The largest absolute Gasteiger partial charge is 0.338 e. The van der Waals surface area contributed by atoms with Crippen LogP contribution in [0.5, 0.6) is 0 Å². The molecule has 3 atom stereocenters. The van der Waals surface area contributed by atoms with Crippen LogP contribution in [0.4, 0.5) is 0 Å². The van der Waals surface area contributed by atoms with Crippen molar-refractivity contribution in [2.24, 2.45) is 0 Å². The van der Waals surface area contributed by atoms with Crippen molar-refractivity contribution in [2.45, 2.75) is 56.9 Å². The van der Waals surface area contributed by atoms with E-state index < -0.39 is 0 Å². The van der Waals surface area contributed by atoms with Gasteiger partial charge in [0.15, 0.2) is 0 Å². The second-order valence-electron chi connectivity index (χ2n) is 5.24. The lowest BCUT2D eigenvalue weighted by atomic mass is 10.1. The van der Waals surface area contributed by atoms with Crippen LogP contribution in [-0.4, -0.2) is 47.0 Å². The average molecular weight is 293 g/mol. The minimum atomic E-state index is 0. The quantitative estimate of drug-likeness (QED) is 0.866. The molecule has 0 aromatic heterocycles. The van der Waals surface area contributed by atoms with Crippen molar-refractivity contribution in [1.82, 2.24) is 10.2 Å². The Kier molecular flexibility index (Phi) is 6.82. The molecular formula is C13H25ClN2OS. The smallest absolute Gasteiger partial charge is 0.222 e. The molecule has 106 valence electrons. The molecule has 0 bridgehead atoms. The van der Waals surface area contributed by atoms with E-state index in [0.29, 0.717) is 23.2 Å². The molecule has 3 nitrogen and oxygen atoms in total. The summed E-state index contributed by atoms with van der Waals surface area (Å²) >= 11 is 1.98. The Labute approximate surface area is 121 Å². The molecule has 2 fully saturated rings. The summed E-state index contributed by atoms with van der Waals surface area (Å²) in [6.07, 6.45) is 4.25. The van der Waals surface area contributed by atoms with Crippen LogP contribution < -0.4 is 5.32 Å². The van der Waals surface area contributed by atoms with E-state index >= 15 is 0 Å². The molecule has 2 aliphatic rings. The number of carbonyl (C=O) groups is 1. The lowest BCUT2D eigenvalue weighted by Crippen LogP contribution is -2.48. The number of rotatable bonds is 3. The van der Waals surface area contributed by atoms with Crippen molar-refractivity contribution in [3.05, 3.63) is 0 Å². The topological polar surface area (TPSA) is 32.3 Å². The summed E-state index contributed by atoms with van der Waals surface area (Å²) in [7, 11) is 0. The van der Waals surface area contributed by atoms with Crippen LogP contribution in [0.3, 0.4) is 0 Å². The van der Waals surface area contributed by atoms with Gasteiger partial charge in [0.05, 0.1) is 0 Å². The van der Waals surface area contributed by atoms with Gasteiger partial charge in [-0.1, -0.05) is 6.92 Å². The second-order valence-corrected chi connectivity index (χ2v) is 6.72. The number of hydrogen-bond donors (Lipinski definition) is 1. The molecule has 0 spiro atoms. The normalized spacial score (nSPS) is 32.1. The summed E-state index contributed by atoms with van der Waals surface area (Å²) in [5.41, 5.74) is 0. The van der Waals surface area contributed by atoms with Crippen molar-refractivity contribution in [2.75, 3.05) is 18.8 Å². The summed E-state index contributed by atoms with van der Waals surface area (Å²) in [5.74, 6) is 1.46. The third-order valence-electron chi connectivity index (χ3n) is 4.07. The predicted octanol–water partition coefficient (Wildman–Crippen LogP) is 2.29. The van der Waals surface area contributed by atoms with Crippen LogP contribution in [0.1, 0.15) is 39.5 Å². The molecule has 0 saturated carbocycles. The Morgan fingerprint density at radius 2 is 2.22 bits per heavy atom. The van der Waals surface area contributed by atoms with Gasteiger partial charge in [-0.15, -0.1) is 12.4 Å². The van der Waals surface area contributed by atoms with Gasteiger partial charge in [0, 0.05) is 36.1 Å². The molecule has 2 aliphatic heterocycles. The van der Waals surface area contributed by atoms with E-state index in [1.807, 2.05) is 11.8 Å². The van der Waals surface area contributed by atoms with Crippen LogP contribution in [-0.2, 0) is 4.79 Å². The van der Waals surface area contributed by atoms with Gasteiger partial charge in [-0.25, -0.2) is 0 Å². The van der Waals surface area contributed by atoms with Crippen molar-refractivity contribution in [3.8, 4) is 0 Å². The summed E-state index contributed by atoms with van der Waals surface area (Å²) in [5, 5.41) is 4.04. The highest BCUT2D eigenvalue weighted by Gasteiger charge is 2.28. The number of halogens is 1. The van der Waals surface area contributed by atoms with E-state index in [2.05, 4.69) is 24.1 Å². The lowest BCUT2D eigenvalue weighted by molar-refractivity contribution is -0.133. The molecule has 0 aliphatic carbocycles. The maximum atomic E-state index is 12.2. The van der Waals surface area contributed by atoms with Crippen LogP contribution in [0.2, 0.25) is 0 Å². The molecular weight excluding hydrogens is 268 g/mol. The van der Waals surface area contributed by atoms with E-state index in [1.165, 1.54) is 12.8 Å². The molecule has 0 aromatic carbocycles. The van der Waals surface area contributed by atoms with E-state index in [9.17, 15) is 4.79 Å². The summed E-state index contributed by atoms with van der Waals surface area (Å²) in [6, 6.07) is 0.989. The Balaban J connectivity index is 0.00000162. The van der Waals surface area contributed by atoms with Gasteiger partial charge in [-0.3, -0.25) is 4.79 Å². The van der Waals surface area contributed by atoms with Gasteiger partial charge in [0.25, 0.3) is 0 Å². The minimum Gasteiger partial charge on any atom is -0.338 e. The standard InChI is InChI=1S/C13H24N2OS.ClH/c1-10-11(2)17-9-8-15(10)13(16)6-5-12-4-3-7-14-12;/h10-12,14H,3-9H2,1-2H3;1H. The number of nitrogens with one attached hydrogen (secondary N) is 1. The number of thioether (sulfide) groups is 1. The van der Waals surface area contributed by atoms with Crippen LogP contribution >= 0.6 is 24.2 Å². The van der Waals surface area contributed by atoms with E-state index in [0.717, 1.165) is 31.7 Å². The molecule has 2 rings (SSSR count). The zero-order valence-corrected chi connectivity index (χ0v) is 13.0. The predicted molar refractivity (Wildman–Crippen MR) is 80.6 cm³/mol. The van der Waals surface area contributed by atoms with E-state index in [-0.39, 0.29) is 12.4 Å². The Hall–Kier alpha value is 0.0700. The van der Waals surface area contributed by atoms with Crippen LogP contribution in [0, 0.1) is 0 Å². The highest BCUT2D eigenvalue weighted by atomic mass is 35.5. The van der Waals surface area contributed by atoms with Gasteiger partial charge in [-0.2, -0.15) is 11.8 Å². The molecule has 1 amide bonds. The third kappa shape index (κ3) is 4.04. The summed E-state index contributed by atoms with van der Waals surface area (Å²) < 4.78 is 0. The van der Waals surface area contributed by atoms with Gasteiger partial charge in [0.1, 0.15) is 0 Å². The summed E-state index contributed by atoms with van der Waals surface area (Å²) in [6.45, 7) is 6.48. The fourth-order valence-corrected chi connectivity index (χ4v) is 3.83. The first kappa shape index (κ1) is 16.1. The van der Waals surface area contributed by atoms with Gasteiger partial charge in [0.2, 0.25) is 5.91 Å². The van der Waals surface area contributed by atoms with Gasteiger partial charge >= 0.3 is 0 Å². The average Bonchev–Trinajstić information content (AvgIpc) is 2.82. The van der Waals surface area contributed by atoms with E-state index in [1.54, 1.807) is 0 Å². The minimum absolute atomic E-state index is 0. The van der Waals surface area contributed by atoms with Gasteiger partial charge in [-0.05, 0) is 32.7 Å². The fourth-order valence-electron chi connectivity index (χ4n) is 2.73. The van der Waals surface area contributed by atoms with Gasteiger partial charge < -0.3 is 10.2 Å². The van der Waals surface area contributed by atoms with Crippen molar-refractivity contribution >= 4 is 30.1 Å². The molecule has 0 radical (unpaired) electrons. The monoisotopic (exact) mass is 292 g/mol. The molecule has 18 heavy (non-hydrogen) atoms. The number of nitrogens with zero attached hydrogens (tertiary/aromatic N) is 1. The molecule has 3 unspecified atom stereocenters.